The van der Waals surface area contributed by atoms with Crippen LogP contribution in [0.2, 0.25) is 5.02 Å². The van der Waals surface area contributed by atoms with Gasteiger partial charge in [-0.25, -0.2) is 4.98 Å². The number of hydrogen-bond acceptors (Lipinski definition) is 7. The van der Waals surface area contributed by atoms with Gasteiger partial charge in [0.15, 0.2) is 0 Å². The zero-order chi connectivity index (χ0) is 20.9. The van der Waals surface area contributed by atoms with Crippen molar-refractivity contribution in [2.24, 2.45) is 0 Å². The number of aromatic nitrogens is 6. The van der Waals surface area contributed by atoms with Gasteiger partial charge in [0.1, 0.15) is 5.65 Å². The Bertz CT molecular complexity index is 1180. The second kappa shape index (κ2) is 9.12. The summed E-state index contributed by atoms with van der Waals surface area (Å²) < 4.78 is 7.22. The molecule has 154 valence electrons. The van der Waals surface area contributed by atoms with Crippen molar-refractivity contribution < 1.29 is 4.74 Å². The minimum atomic E-state index is -0.147. The maximum Gasteiger partial charge on any atom is 0.258 e. The third kappa shape index (κ3) is 4.88. The predicted molar refractivity (Wildman–Crippen MR) is 112 cm³/mol. The Labute approximate surface area is 177 Å². The summed E-state index contributed by atoms with van der Waals surface area (Å²) in [6.07, 6.45) is 1.57. The van der Waals surface area contributed by atoms with E-state index in [-0.39, 0.29) is 5.56 Å². The van der Waals surface area contributed by atoms with Crippen molar-refractivity contribution in [3.05, 3.63) is 75.3 Å². The number of H-pyrrole nitrogens is 1. The van der Waals surface area contributed by atoms with Crippen LogP contribution in [0.3, 0.4) is 0 Å². The van der Waals surface area contributed by atoms with Crippen LogP contribution in [0.1, 0.15) is 11.3 Å². The number of hydrogen-bond donors (Lipinski definition) is 1. The van der Waals surface area contributed by atoms with E-state index in [9.17, 15) is 4.79 Å². The number of fused-ring (bicyclic) bond motifs is 1. The highest BCUT2D eigenvalue weighted by atomic mass is 35.5. The monoisotopic (exact) mass is 425 g/mol. The van der Waals surface area contributed by atoms with E-state index in [0.29, 0.717) is 48.5 Å². The minimum Gasteiger partial charge on any atom is -0.375 e. The molecular weight excluding hydrogens is 406 g/mol. The molecule has 10 heteroatoms. The molecule has 0 atom stereocenters. The molecular formula is C20H20ClN7O2. The van der Waals surface area contributed by atoms with Crippen molar-refractivity contribution in [1.29, 1.82) is 0 Å². The van der Waals surface area contributed by atoms with Gasteiger partial charge in [-0.05, 0) is 30.0 Å². The van der Waals surface area contributed by atoms with Crippen LogP contribution in [0, 0.1) is 0 Å². The van der Waals surface area contributed by atoms with Gasteiger partial charge in [-0.1, -0.05) is 35.9 Å². The van der Waals surface area contributed by atoms with Gasteiger partial charge in [-0.15, -0.1) is 10.2 Å². The molecule has 0 unspecified atom stereocenters. The van der Waals surface area contributed by atoms with Crippen LogP contribution in [0.15, 0.2) is 53.5 Å². The Kier molecular flexibility index (Phi) is 6.12. The third-order valence-electron chi connectivity index (χ3n) is 4.55. The van der Waals surface area contributed by atoms with Gasteiger partial charge in [0, 0.05) is 30.9 Å². The number of tetrazole rings is 1. The Morgan fingerprint density at radius 3 is 2.80 bits per heavy atom. The number of nitrogens with one attached hydrogen (secondary N) is 1. The summed E-state index contributed by atoms with van der Waals surface area (Å²) in [6.45, 7) is 2.34. The summed E-state index contributed by atoms with van der Waals surface area (Å²) in [5.74, 6) is 0.564. The van der Waals surface area contributed by atoms with Crippen molar-refractivity contribution in [3.63, 3.8) is 0 Å². The molecule has 0 bridgehead atoms. The standard InChI is InChI=1S/C20H20ClN7O2/c1-27(12-17-10-19(29)28-11-16(21)6-7-18(28)22-17)8-9-30-13-14-2-4-15(5-3-14)20-23-25-26-24-20/h2-7,10-11H,8-9,12-13H2,1H3,(H,23,24,25,26). The normalized spacial score (nSPS) is 11.4. The maximum atomic E-state index is 12.3. The second-order valence-corrected chi connectivity index (χ2v) is 7.32. The summed E-state index contributed by atoms with van der Waals surface area (Å²) in [7, 11) is 1.97. The summed E-state index contributed by atoms with van der Waals surface area (Å²) in [5, 5.41) is 14.4. The maximum absolute atomic E-state index is 12.3. The highest BCUT2D eigenvalue weighted by molar-refractivity contribution is 6.30. The molecule has 30 heavy (non-hydrogen) atoms. The molecule has 0 aliphatic carbocycles. The fourth-order valence-corrected chi connectivity index (χ4v) is 3.17. The van der Waals surface area contributed by atoms with Gasteiger partial charge >= 0.3 is 0 Å². The number of rotatable bonds is 8. The zero-order valence-corrected chi connectivity index (χ0v) is 17.1. The molecule has 0 aliphatic heterocycles. The number of ether oxygens (including phenoxy) is 1. The van der Waals surface area contributed by atoms with E-state index in [1.165, 1.54) is 10.5 Å². The van der Waals surface area contributed by atoms with Crippen molar-refractivity contribution in [3.8, 4) is 11.4 Å². The highest BCUT2D eigenvalue weighted by Gasteiger charge is 2.07. The smallest absolute Gasteiger partial charge is 0.258 e. The lowest BCUT2D eigenvalue weighted by atomic mass is 10.1. The first-order valence-corrected chi connectivity index (χ1v) is 9.73. The number of halogens is 1. The number of benzene rings is 1. The van der Waals surface area contributed by atoms with E-state index in [4.69, 9.17) is 16.3 Å². The van der Waals surface area contributed by atoms with Crippen molar-refractivity contribution in [1.82, 2.24) is 34.9 Å². The molecule has 1 N–H and O–H groups in total. The lowest BCUT2D eigenvalue weighted by Crippen LogP contribution is -2.25. The fraction of sp³-hybridized carbons (Fsp3) is 0.250. The van der Waals surface area contributed by atoms with E-state index in [1.807, 2.05) is 31.3 Å². The molecule has 4 aromatic rings. The third-order valence-corrected chi connectivity index (χ3v) is 4.78. The molecule has 0 amide bonds. The zero-order valence-electron chi connectivity index (χ0n) is 16.3. The Morgan fingerprint density at radius 2 is 2.03 bits per heavy atom. The van der Waals surface area contributed by atoms with Crippen molar-refractivity contribution >= 4 is 17.2 Å². The molecule has 0 spiro atoms. The van der Waals surface area contributed by atoms with E-state index in [1.54, 1.807) is 18.3 Å². The predicted octanol–water partition coefficient (Wildman–Crippen LogP) is 2.18. The first-order chi connectivity index (χ1) is 14.6. The molecule has 3 heterocycles. The second-order valence-electron chi connectivity index (χ2n) is 6.88. The van der Waals surface area contributed by atoms with E-state index in [0.717, 1.165) is 11.1 Å². The molecule has 0 saturated heterocycles. The van der Waals surface area contributed by atoms with Gasteiger partial charge in [0.25, 0.3) is 5.56 Å². The SMILES string of the molecule is CN(CCOCc1ccc(-c2nn[nH]n2)cc1)Cc1cc(=O)n2cc(Cl)ccc2n1. The Morgan fingerprint density at radius 1 is 1.20 bits per heavy atom. The van der Waals surface area contributed by atoms with Gasteiger partial charge < -0.3 is 4.74 Å². The number of aromatic amines is 1. The Hall–Kier alpha value is -3.14. The summed E-state index contributed by atoms with van der Waals surface area (Å²) in [4.78, 5) is 18.8. The van der Waals surface area contributed by atoms with Crippen LogP contribution in [-0.4, -0.2) is 55.1 Å². The number of pyridine rings is 1. The van der Waals surface area contributed by atoms with Crippen LogP contribution in [-0.2, 0) is 17.9 Å². The minimum absolute atomic E-state index is 0.147. The van der Waals surface area contributed by atoms with Gasteiger partial charge in [0.2, 0.25) is 5.82 Å². The topological polar surface area (TPSA) is 101 Å². The van der Waals surface area contributed by atoms with Gasteiger partial charge in [-0.3, -0.25) is 14.1 Å². The van der Waals surface area contributed by atoms with E-state index < -0.39 is 0 Å². The first-order valence-electron chi connectivity index (χ1n) is 9.35. The highest BCUT2D eigenvalue weighted by Crippen LogP contribution is 2.14. The molecule has 0 aliphatic rings. The molecule has 4 rings (SSSR count). The van der Waals surface area contributed by atoms with Crippen LogP contribution in [0.25, 0.3) is 17.0 Å². The van der Waals surface area contributed by atoms with Crippen LogP contribution < -0.4 is 5.56 Å². The average molecular weight is 426 g/mol. The quantitative estimate of drug-likeness (QED) is 0.432. The van der Waals surface area contributed by atoms with Gasteiger partial charge in [0.05, 0.1) is 23.9 Å². The molecule has 3 aromatic heterocycles. The lowest BCUT2D eigenvalue weighted by Gasteiger charge is -2.16. The largest absolute Gasteiger partial charge is 0.375 e. The summed E-state index contributed by atoms with van der Waals surface area (Å²) >= 11 is 5.94. The van der Waals surface area contributed by atoms with Gasteiger partial charge in [-0.2, -0.15) is 5.21 Å². The average Bonchev–Trinajstić information content (AvgIpc) is 3.27. The van der Waals surface area contributed by atoms with Crippen molar-refractivity contribution in [2.75, 3.05) is 20.2 Å². The molecule has 0 fully saturated rings. The van der Waals surface area contributed by atoms with Crippen LogP contribution in [0.5, 0.6) is 0 Å². The molecule has 9 nitrogen and oxygen atoms in total. The van der Waals surface area contributed by atoms with Crippen molar-refractivity contribution in [2.45, 2.75) is 13.2 Å². The van der Waals surface area contributed by atoms with Crippen LogP contribution >= 0.6 is 11.6 Å². The molecule has 1 aromatic carbocycles. The van der Waals surface area contributed by atoms with Crippen LogP contribution in [0.4, 0.5) is 0 Å². The fourth-order valence-electron chi connectivity index (χ4n) is 3.01. The lowest BCUT2D eigenvalue weighted by molar-refractivity contribution is 0.0977. The summed E-state index contributed by atoms with van der Waals surface area (Å²) in [6, 6.07) is 12.8. The number of likely N-dealkylation sites (N-methyl/N-ethyl adjacent to an activating group) is 1. The molecule has 0 saturated carbocycles. The van der Waals surface area contributed by atoms with E-state index >= 15 is 0 Å². The first kappa shape index (κ1) is 20.1. The number of nitrogens with zero attached hydrogens (tertiary/aromatic N) is 6. The Balaban J connectivity index is 1.26. The summed E-state index contributed by atoms with van der Waals surface area (Å²) in [5.41, 5.74) is 3.10. The molecule has 0 radical (unpaired) electrons. The van der Waals surface area contributed by atoms with E-state index in [2.05, 4.69) is 30.5 Å².